The number of aromatic nitrogens is 1. The molecular formula is C13H11Br2ClN2O. The summed E-state index contributed by atoms with van der Waals surface area (Å²) in [5, 5.41) is 13.3. The molecule has 0 radical (unpaired) electrons. The largest absolute Gasteiger partial charge is 0.394 e. The second kappa shape index (κ2) is 6.70. The smallest absolute Gasteiger partial charge is 0.0917 e. The first-order valence-corrected chi connectivity index (χ1v) is 7.50. The highest BCUT2D eigenvalue weighted by atomic mass is 79.9. The first-order valence-electron chi connectivity index (χ1n) is 5.54. The Balaban J connectivity index is 2.18. The fourth-order valence-electron chi connectivity index (χ4n) is 1.59. The number of nitrogens with zero attached hydrogens (tertiary/aromatic N) is 1. The van der Waals surface area contributed by atoms with Crippen LogP contribution in [0.15, 0.2) is 45.5 Å². The lowest BCUT2D eigenvalue weighted by atomic mass is 10.2. The van der Waals surface area contributed by atoms with Crippen molar-refractivity contribution in [1.82, 2.24) is 4.98 Å². The number of hydrogen-bond donors (Lipinski definition) is 2. The zero-order valence-electron chi connectivity index (χ0n) is 9.78. The van der Waals surface area contributed by atoms with E-state index in [-0.39, 0.29) is 12.6 Å². The SMILES string of the molecule is OCC(Nc1ccc(Cl)c(Br)c1)c1ccc(Br)cn1. The molecule has 6 heteroatoms. The van der Waals surface area contributed by atoms with Crippen LogP contribution >= 0.6 is 43.5 Å². The Morgan fingerprint density at radius 1 is 1.26 bits per heavy atom. The highest BCUT2D eigenvalue weighted by Crippen LogP contribution is 2.27. The average Bonchev–Trinajstić information content (AvgIpc) is 2.41. The molecule has 1 unspecified atom stereocenters. The molecule has 19 heavy (non-hydrogen) atoms. The zero-order chi connectivity index (χ0) is 13.8. The minimum atomic E-state index is -0.263. The fourth-order valence-corrected chi connectivity index (χ4v) is 2.32. The molecule has 2 N–H and O–H groups in total. The van der Waals surface area contributed by atoms with E-state index >= 15 is 0 Å². The molecule has 0 saturated heterocycles. The van der Waals surface area contributed by atoms with Crippen molar-refractivity contribution in [1.29, 1.82) is 0 Å². The number of aliphatic hydroxyl groups is 1. The maximum atomic E-state index is 9.48. The third kappa shape index (κ3) is 3.92. The maximum Gasteiger partial charge on any atom is 0.0917 e. The number of halogens is 3. The highest BCUT2D eigenvalue weighted by Gasteiger charge is 2.12. The van der Waals surface area contributed by atoms with Gasteiger partial charge in [0.15, 0.2) is 0 Å². The molecule has 0 aliphatic heterocycles. The van der Waals surface area contributed by atoms with Crippen molar-refractivity contribution in [3.63, 3.8) is 0 Å². The number of benzene rings is 1. The van der Waals surface area contributed by atoms with Gasteiger partial charge in [0, 0.05) is 20.8 Å². The van der Waals surface area contributed by atoms with E-state index in [1.54, 1.807) is 12.3 Å². The molecule has 1 atom stereocenters. The van der Waals surface area contributed by atoms with Gasteiger partial charge in [-0.2, -0.15) is 0 Å². The third-order valence-electron chi connectivity index (χ3n) is 2.55. The standard InChI is InChI=1S/C13H11Br2ClN2O/c14-8-1-4-12(17-6-8)13(7-19)18-9-2-3-11(16)10(15)5-9/h1-6,13,18-19H,7H2. The zero-order valence-corrected chi connectivity index (χ0v) is 13.7. The molecule has 2 rings (SSSR count). The van der Waals surface area contributed by atoms with E-state index in [1.165, 1.54) is 0 Å². The molecule has 0 amide bonds. The van der Waals surface area contributed by atoms with Gasteiger partial charge >= 0.3 is 0 Å². The van der Waals surface area contributed by atoms with Crippen molar-refractivity contribution in [3.05, 3.63) is 56.2 Å². The van der Waals surface area contributed by atoms with Crippen LogP contribution in [-0.4, -0.2) is 16.7 Å². The van der Waals surface area contributed by atoms with Crippen LogP contribution in [0.25, 0.3) is 0 Å². The number of rotatable bonds is 4. The molecule has 100 valence electrons. The molecule has 0 spiro atoms. The Morgan fingerprint density at radius 3 is 2.63 bits per heavy atom. The summed E-state index contributed by atoms with van der Waals surface area (Å²) in [6.45, 7) is -0.0467. The van der Waals surface area contributed by atoms with Gasteiger partial charge in [0.25, 0.3) is 0 Å². The topological polar surface area (TPSA) is 45.1 Å². The van der Waals surface area contributed by atoms with E-state index in [4.69, 9.17) is 11.6 Å². The highest BCUT2D eigenvalue weighted by molar-refractivity contribution is 9.10. The van der Waals surface area contributed by atoms with Gasteiger partial charge in [-0.3, -0.25) is 4.98 Å². The second-order valence-corrected chi connectivity index (χ2v) is 6.09. The monoisotopic (exact) mass is 404 g/mol. The second-order valence-electron chi connectivity index (χ2n) is 3.91. The molecular weight excluding hydrogens is 395 g/mol. The average molecular weight is 407 g/mol. The van der Waals surface area contributed by atoms with Gasteiger partial charge in [-0.25, -0.2) is 0 Å². The lowest BCUT2D eigenvalue weighted by Gasteiger charge is -2.17. The predicted molar refractivity (Wildman–Crippen MR) is 84.5 cm³/mol. The fraction of sp³-hybridized carbons (Fsp3) is 0.154. The summed E-state index contributed by atoms with van der Waals surface area (Å²) >= 11 is 12.6. The van der Waals surface area contributed by atoms with Crippen LogP contribution < -0.4 is 5.32 Å². The Kier molecular flexibility index (Phi) is 5.21. The summed E-state index contributed by atoms with van der Waals surface area (Å²) in [5.74, 6) is 0. The third-order valence-corrected chi connectivity index (χ3v) is 4.23. The first-order chi connectivity index (χ1) is 9.10. The number of hydrogen-bond acceptors (Lipinski definition) is 3. The van der Waals surface area contributed by atoms with E-state index < -0.39 is 0 Å². The molecule has 0 aliphatic carbocycles. The van der Waals surface area contributed by atoms with E-state index in [1.807, 2.05) is 24.3 Å². The van der Waals surface area contributed by atoms with Gasteiger partial charge in [-0.15, -0.1) is 0 Å². The Morgan fingerprint density at radius 2 is 2.05 bits per heavy atom. The van der Waals surface area contributed by atoms with Crippen molar-refractivity contribution >= 4 is 49.1 Å². The summed E-state index contributed by atoms with van der Waals surface area (Å²) in [6.07, 6.45) is 1.71. The summed E-state index contributed by atoms with van der Waals surface area (Å²) in [4.78, 5) is 4.28. The summed E-state index contributed by atoms with van der Waals surface area (Å²) < 4.78 is 1.71. The van der Waals surface area contributed by atoms with Gasteiger partial charge in [0.2, 0.25) is 0 Å². The Labute approximate surface area is 133 Å². The van der Waals surface area contributed by atoms with Crippen molar-refractivity contribution in [2.24, 2.45) is 0 Å². The summed E-state index contributed by atoms with van der Waals surface area (Å²) in [7, 11) is 0. The Hall–Kier alpha value is -0.620. The molecule has 0 aliphatic rings. The van der Waals surface area contributed by atoms with Crippen LogP contribution in [0.1, 0.15) is 11.7 Å². The van der Waals surface area contributed by atoms with Gasteiger partial charge < -0.3 is 10.4 Å². The minimum Gasteiger partial charge on any atom is -0.394 e. The van der Waals surface area contributed by atoms with E-state index in [9.17, 15) is 5.11 Å². The van der Waals surface area contributed by atoms with Crippen LogP contribution in [0.2, 0.25) is 5.02 Å². The van der Waals surface area contributed by atoms with Gasteiger partial charge in [0.05, 0.1) is 23.4 Å². The first kappa shape index (κ1) is 14.8. The molecule has 1 aromatic heterocycles. The summed E-state index contributed by atoms with van der Waals surface area (Å²) in [5.41, 5.74) is 1.64. The number of aliphatic hydroxyl groups excluding tert-OH is 1. The van der Waals surface area contributed by atoms with E-state index in [2.05, 4.69) is 42.2 Å². The summed E-state index contributed by atoms with van der Waals surface area (Å²) in [6, 6.07) is 9.00. The van der Waals surface area contributed by atoms with Gasteiger partial charge in [-0.1, -0.05) is 11.6 Å². The molecule has 3 nitrogen and oxygen atoms in total. The maximum absolute atomic E-state index is 9.48. The molecule has 0 bridgehead atoms. The van der Waals surface area contributed by atoms with Crippen LogP contribution in [0.3, 0.4) is 0 Å². The predicted octanol–water partition coefficient (Wildman–Crippen LogP) is 4.41. The molecule has 1 heterocycles. The minimum absolute atomic E-state index is 0.0467. The lowest BCUT2D eigenvalue weighted by molar-refractivity contribution is 0.274. The Bertz CT molecular complexity index is 563. The normalized spacial score (nSPS) is 12.2. The van der Waals surface area contributed by atoms with Gasteiger partial charge in [-0.05, 0) is 62.2 Å². The number of pyridine rings is 1. The quantitative estimate of drug-likeness (QED) is 0.791. The molecule has 2 aromatic rings. The van der Waals surface area contributed by atoms with Crippen LogP contribution in [0.5, 0.6) is 0 Å². The van der Waals surface area contributed by atoms with Crippen LogP contribution in [0.4, 0.5) is 5.69 Å². The van der Waals surface area contributed by atoms with Gasteiger partial charge in [0.1, 0.15) is 0 Å². The van der Waals surface area contributed by atoms with Crippen molar-refractivity contribution < 1.29 is 5.11 Å². The van der Waals surface area contributed by atoms with Crippen LogP contribution in [-0.2, 0) is 0 Å². The lowest BCUT2D eigenvalue weighted by Crippen LogP contribution is -2.16. The van der Waals surface area contributed by atoms with Crippen molar-refractivity contribution in [3.8, 4) is 0 Å². The van der Waals surface area contributed by atoms with Crippen LogP contribution in [0, 0.1) is 0 Å². The molecule has 1 aromatic carbocycles. The van der Waals surface area contributed by atoms with Crippen molar-refractivity contribution in [2.75, 3.05) is 11.9 Å². The van der Waals surface area contributed by atoms with Crippen molar-refractivity contribution in [2.45, 2.75) is 6.04 Å². The van der Waals surface area contributed by atoms with E-state index in [0.29, 0.717) is 5.02 Å². The van der Waals surface area contributed by atoms with E-state index in [0.717, 1.165) is 20.3 Å². The molecule has 0 fully saturated rings. The molecule has 0 saturated carbocycles. The number of nitrogens with one attached hydrogen (secondary N) is 1. The number of anilines is 1.